The first kappa shape index (κ1) is 15.3. The number of carbonyl (C=O) groups excluding carboxylic acids is 1. The number of ether oxygens (including phenoxy) is 1. The van der Waals surface area contributed by atoms with Crippen molar-refractivity contribution in [3.05, 3.63) is 53.9 Å². The fraction of sp³-hybridized carbons (Fsp3) is 0.294. The zero-order valence-corrected chi connectivity index (χ0v) is 13.2. The molecule has 120 valence electrons. The van der Waals surface area contributed by atoms with Crippen LogP contribution in [0.4, 0.5) is 11.4 Å². The Kier molecular flexibility index (Phi) is 4.43. The van der Waals surface area contributed by atoms with Gasteiger partial charge in [0.05, 0.1) is 30.2 Å². The molecule has 0 aliphatic carbocycles. The van der Waals surface area contributed by atoms with Crippen molar-refractivity contribution in [2.75, 3.05) is 24.0 Å². The first-order valence-electron chi connectivity index (χ1n) is 7.66. The zero-order valence-electron chi connectivity index (χ0n) is 13.2. The molecule has 0 bridgehead atoms. The summed E-state index contributed by atoms with van der Waals surface area (Å²) in [5, 5.41) is 5.48. The molecule has 0 spiro atoms. The minimum absolute atomic E-state index is 0.120. The van der Waals surface area contributed by atoms with Crippen LogP contribution in [-0.4, -0.2) is 24.6 Å². The van der Waals surface area contributed by atoms with Crippen LogP contribution in [-0.2, 0) is 4.74 Å². The van der Waals surface area contributed by atoms with E-state index in [1.165, 1.54) is 7.11 Å². The van der Waals surface area contributed by atoms with Crippen molar-refractivity contribution in [1.82, 2.24) is 10.4 Å². The van der Waals surface area contributed by atoms with Crippen molar-refractivity contribution in [3.63, 3.8) is 0 Å². The Morgan fingerprint density at radius 1 is 1.39 bits per heavy atom. The molecular weight excluding hydrogens is 292 g/mol. The Labute approximate surface area is 135 Å². The summed E-state index contributed by atoms with van der Waals surface area (Å²) in [6, 6.07) is 9.84. The molecule has 2 aromatic rings. The van der Waals surface area contributed by atoms with Gasteiger partial charge < -0.3 is 15.1 Å². The molecule has 1 aromatic carbocycles. The summed E-state index contributed by atoms with van der Waals surface area (Å²) in [7, 11) is 1.37. The van der Waals surface area contributed by atoms with Gasteiger partial charge in [-0.3, -0.25) is 4.98 Å². The molecule has 0 fully saturated rings. The van der Waals surface area contributed by atoms with E-state index in [4.69, 9.17) is 4.74 Å². The smallest absolute Gasteiger partial charge is 0.340 e. The van der Waals surface area contributed by atoms with Gasteiger partial charge in [0, 0.05) is 18.3 Å². The highest BCUT2D eigenvalue weighted by molar-refractivity contribution is 5.95. The minimum Gasteiger partial charge on any atom is -0.465 e. The molecule has 1 aromatic heterocycles. The predicted octanol–water partition coefficient (Wildman–Crippen LogP) is 2.71. The number of rotatable bonds is 5. The van der Waals surface area contributed by atoms with Gasteiger partial charge in [0.2, 0.25) is 0 Å². The first-order chi connectivity index (χ1) is 11.2. The lowest BCUT2D eigenvalue weighted by Gasteiger charge is -2.21. The lowest BCUT2D eigenvalue weighted by atomic mass is 10.1. The number of fused-ring (bicyclic) bond motifs is 1. The van der Waals surface area contributed by atoms with E-state index in [0.717, 1.165) is 24.2 Å². The van der Waals surface area contributed by atoms with Crippen molar-refractivity contribution in [2.45, 2.75) is 19.5 Å². The van der Waals surface area contributed by atoms with Gasteiger partial charge in [-0.05, 0) is 18.6 Å². The number of pyridine rings is 1. The highest BCUT2D eigenvalue weighted by Crippen LogP contribution is 2.33. The molecule has 23 heavy (non-hydrogen) atoms. The molecular formula is C17H20N4O2. The average molecular weight is 312 g/mol. The van der Waals surface area contributed by atoms with E-state index in [0.29, 0.717) is 11.3 Å². The fourth-order valence-electron chi connectivity index (χ4n) is 2.74. The van der Waals surface area contributed by atoms with E-state index < -0.39 is 0 Å². The summed E-state index contributed by atoms with van der Waals surface area (Å²) in [5.74, 6) is -0.383. The van der Waals surface area contributed by atoms with Crippen molar-refractivity contribution >= 4 is 17.3 Å². The Hall–Kier alpha value is -2.60. The van der Waals surface area contributed by atoms with Crippen molar-refractivity contribution in [1.29, 1.82) is 0 Å². The van der Waals surface area contributed by atoms with Gasteiger partial charge in [0.25, 0.3) is 0 Å². The molecule has 0 saturated heterocycles. The molecule has 6 nitrogen and oxygen atoms in total. The van der Waals surface area contributed by atoms with Gasteiger partial charge in [-0.15, -0.1) is 0 Å². The van der Waals surface area contributed by atoms with Gasteiger partial charge in [0.15, 0.2) is 0 Å². The molecule has 0 saturated carbocycles. The second-order valence-corrected chi connectivity index (χ2v) is 5.33. The van der Waals surface area contributed by atoms with E-state index in [2.05, 4.69) is 39.8 Å². The number of carbonyl (C=O) groups is 1. The summed E-state index contributed by atoms with van der Waals surface area (Å²) < 4.78 is 4.83. The number of para-hydroxylation sites is 1. The van der Waals surface area contributed by atoms with E-state index in [1.807, 2.05) is 12.1 Å². The number of benzene rings is 1. The predicted molar refractivity (Wildman–Crippen MR) is 89.2 cm³/mol. The van der Waals surface area contributed by atoms with E-state index in [9.17, 15) is 4.79 Å². The van der Waals surface area contributed by atoms with Gasteiger partial charge in [-0.2, -0.15) is 0 Å². The number of hydrazine groups is 1. The number of anilines is 2. The van der Waals surface area contributed by atoms with Gasteiger partial charge in [-0.1, -0.05) is 25.1 Å². The third kappa shape index (κ3) is 2.98. The Morgan fingerprint density at radius 3 is 3.00 bits per heavy atom. The number of methoxy groups -OCH3 is 1. The number of nitrogens with zero attached hydrogens (tertiary/aromatic N) is 2. The molecule has 1 atom stereocenters. The normalized spacial score (nSPS) is 16.1. The summed E-state index contributed by atoms with van der Waals surface area (Å²) in [6.45, 7) is 3.05. The molecule has 1 aliphatic rings. The lowest BCUT2D eigenvalue weighted by Crippen LogP contribution is -2.37. The second kappa shape index (κ2) is 6.66. The fourth-order valence-corrected chi connectivity index (χ4v) is 2.74. The molecule has 0 radical (unpaired) electrons. The highest BCUT2D eigenvalue weighted by atomic mass is 16.5. The molecule has 3 rings (SSSR count). The molecule has 0 amide bonds. The maximum atomic E-state index is 11.9. The van der Waals surface area contributed by atoms with Crippen molar-refractivity contribution in [3.8, 4) is 0 Å². The van der Waals surface area contributed by atoms with Crippen LogP contribution >= 0.6 is 0 Å². The van der Waals surface area contributed by atoms with Crippen LogP contribution < -0.4 is 15.8 Å². The topological polar surface area (TPSA) is 66.5 Å². The minimum atomic E-state index is -0.383. The molecule has 6 heteroatoms. The van der Waals surface area contributed by atoms with Crippen LogP contribution in [0.25, 0.3) is 0 Å². The number of aromatic nitrogens is 1. The number of hydrogen-bond donors (Lipinski definition) is 2. The van der Waals surface area contributed by atoms with Gasteiger partial charge in [-0.25, -0.2) is 10.2 Å². The molecule has 2 heterocycles. The first-order valence-corrected chi connectivity index (χ1v) is 7.66. The quantitative estimate of drug-likeness (QED) is 0.828. The van der Waals surface area contributed by atoms with Crippen LogP contribution in [0, 0.1) is 0 Å². The van der Waals surface area contributed by atoms with E-state index in [-0.39, 0.29) is 12.1 Å². The van der Waals surface area contributed by atoms with Crippen molar-refractivity contribution in [2.24, 2.45) is 0 Å². The lowest BCUT2D eigenvalue weighted by molar-refractivity contribution is 0.0601. The molecule has 1 unspecified atom stereocenters. The van der Waals surface area contributed by atoms with E-state index >= 15 is 0 Å². The second-order valence-electron chi connectivity index (χ2n) is 5.33. The summed E-state index contributed by atoms with van der Waals surface area (Å²) in [6.07, 6.45) is 4.13. The van der Waals surface area contributed by atoms with Crippen LogP contribution in [0.3, 0.4) is 0 Å². The molecule has 2 N–H and O–H groups in total. The number of esters is 1. The Balaban J connectivity index is 1.89. The summed E-state index contributed by atoms with van der Waals surface area (Å²) in [5.41, 5.74) is 6.83. The van der Waals surface area contributed by atoms with Gasteiger partial charge >= 0.3 is 5.97 Å². The third-order valence-corrected chi connectivity index (χ3v) is 3.80. The number of hydrogen-bond acceptors (Lipinski definition) is 6. The van der Waals surface area contributed by atoms with Gasteiger partial charge in [0.1, 0.15) is 6.17 Å². The maximum Gasteiger partial charge on any atom is 0.340 e. The maximum absolute atomic E-state index is 11.9. The monoisotopic (exact) mass is 312 g/mol. The Bertz CT molecular complexity index is 704. The van der Waals surface area contributed by atoms with Crippen LogP contribution in [0.15, 0.2) is 42.7 Å². The third-order valence-electron chi connectivity index (χ3n) is 3.80. The van der Waals surface area contributed by atoms with Crippen molar-refractivity contribution < 1.29 is 9.53 Å². The largest absolute Gasteiger partial charge is 0.465 e. The summed E-state index contributed by atoms with van der Waals surface area (Å²) >= 11 is 0. The summed E-state index contributed by atoms with van der Waals surface area (Å²) in [4.78, 5) is 16.0. The highest BCUT2D eigenvalue weighted by Gasteiger charge is 2.28. The van der Waals surface area contributed by atoms with Crippen LogP contribution in [0.2, 0.25) is 0 Å². The number of nitrogens with one attached hydrogen (secondary N) is 2. The Morgan fingerprint density at radius 2 is 2.22 bits per heavy atom. The SMILES string of the molecule is CCCN1NC(Nc2cnccc2C(=O)OC)c2ccccc21. The average Bonchev–Trinajstić information content (AvgIpc) is 2.93. The van der Waals surface area contributed by atoms with Crippen LogP contribution in [0.5, 0.6) is 0 Å². The zero-order chi connectivity index (χ0) is 16.2. The van der Waals surface area contributed by atoms with E-state index in [1.54, 1.807) is 18.5 Å². The molecule has 1 aliphatic heterocycles. The standard InChI is InChI=1S/C17H20N4O2/c1-3-10-21-15-7-5-4-6-13(15)16(20-21)19-14-11-18-9-8-12(14)17(22)23-2/h4-9,11,16,19-20H,3,10H2,1-2H3. The van der Waals surface area contributed by atoms with Crippen LogP contribution in [0.1, 0.15) is 35.4 Å².